The number of ether oxygens (including phenoxy) is 2. The van der Waals surface area contributed by atoms with Gasteiger partial charge in [-0.3, -0.25) is 4.79 Å². The predicted octanol–water partition coefficient (Wildman–Crippen LogP) is 2.27. The molecule has 0 amide bonds. The van der Waals surface area contributed by atoms with Gasteiger partial charge in [-0.25, -0.2) is 0 Å². The Bertz CT molecular complexity index is 419. The SMILES string of the molecule is CC(CSc1ccc2c(c1)OCCO2)C(=O)O. The number of thioether (sulfide) groups is 1. The lowest BCUT2D eigenvalue weighted by Gasteiger charge is -2.18. The number of aliphatic carboxylic acids is 1. The second kappa shape index (κ2) is 5.31. The highest BCUT2D eigenvalue weighted by molar-refractivity contribution is 7.99. The van der Waals surface area contributed by atoms with Gasteiger partial charge >= 0.3 is 5.97 Å². The fraction of sp³-hybridized carbons (Fsp3) is 0.417. The molecule has 1 N–H and O–H groups in total. The molecule has 0 saturated heterocycles. The number of carbonyl (C=O) groups is 1. The van der Waals surface area contributed by atoms with Crippen molar-refractivity contribution in [1.29, 1.82) is 0 Å². The van der Waals surface area contributed by atoms with Crippen LogP contribution in [0.2, 0.25) is 0 Å². The van der Waals surface area contributed by atoms with Crippen LogP contribution in [0.1, 0.15) is 6.92 Å². The molecule has 92 valence electrons. The first-order valence-corrected chi connectivity index (χ1v) is 6.40. The first-order valence-electron chi connectivity index (χ1n) is 5.42. The maximum absolute atomic E-state index is 10.7. The van der Waals surface area contributed by atoms with Crippen molar-refractivity contribution >= 4 is 17.7 Å². The number of hydrogen-bond acceptors (Lipinski definition) is 4. The van der Waals surface area contributed by atoms with Crippen LogP contribution in [-0.4, -0.2) is 30.0 Å². The van der Waals surface area contributed by atoms with E-state index < -0.39 is 5.97 Å². The summed E-state index contributed by atoms with van der Waals surface area (Å²) in [5.41, 5.74) is 0. The number of rotatable bonds is 4. The van der Waals surface area contributed by atoms with Gasteiger partial charge < -0.3 is 14.6 Å². The molecule has 0 aliphatic carbocycles. The van der Waals surface area contributed by atoms with E-state index in [0.717, 1.165) is 16.4 Å². The van der Waals surface area contributed by atoms with E-state index in [1.807, 2.05) is 18.2 Å². The second-order valence-electron chi connectivity index (χ2n) is 3.86. The van der Waals surface area contributed by atoms with Gasteiger partial charge in [0.05, 0.1) is 5.92 Å². The quantitative estimate of drug-likeness (QED) is 0.835. The van der Waals surface area contributed by atoms with Gasteiger partial charge in [-0.2, -0.15) is 0 Å². The Kier molecular flexibility index (Phi) is 3.78. The van der Waals surface area contributed by atoms with Crippen LogP contribution in [0, 0.1) is 5.92 Å². The third-order valence-electron chi connectivity index (χ3n) is 2.44. The average molecular weight is 254 g/mol. The minimum Gasteiger partial charge on any atom is -0.486 e. The van der Waals surface area contributed by atoms with Crippen LogP contribution in [0.25, 0.3) is 0 Å². The van der Waals surface area contributed by atoms with Gasteiger partial charge in [0.1, 0.15) is 13.2 Å². The maximum atomic E-state index is 10.7. The normalized spacial score (nSPS) is 15.4. The third-order valence-corrected chi connectivity index (χ3v) is 3.69. The maximum Gasteiger partial charge on any atom is 0.307 e. The molecule has 0 radical (unpaired) electrons. The molecule has 0 aromatic heterocycles. The molecule has 1 aliphatic heterocycles. The highest BCUT2D eigenvalue weighted by Gasteiger charge is 2.14. The third kappa shape index (κ3) is 3.06. The number of hydrogen-bond donors (Lipinski definition) is 1. The summed E-state index contributed by atoms with van der Waals surface area (Å²) in [7, 11) is 0. The molecule has 5 heteroatoms. The van der Waals surface area contributed by atoms with Crippen molar-refractivity contribution in [1.82, 2.24) is 0 Å². The fourth-order valence-corrected chi connectivity index (χ4v) is 2.35. The Morgan fingerprint density at radius 3 is 2.82 bits per heavy atom. The largest absolute Gasteiger partial charge is 0.486 e. The Balaban J connectivity index is 2.00. The summed E-state index contributed by atoms with van der Waals surface area (Å²) in [5.74, 6) is 0.925. The van der Waals surface area contributed by atoms with Gasteiger partial charge in [0.15, 0.2) is 11.5 Å². The van der Waals surface area contributed by atoms with Crippen molar-refractivity contribution in [2.45, 2.75) is 11.8 Å². The molecule has 0 bridgehead atoms. The smallest absolute Gasteiger partial charge is 0.307 e. The van der Waals surface area contributed by atoms with E-state index in [9.17, 15) is 4.79 Å². The van der Waals surface area contributed by atoms with Crippen LogP contribution < -0.4 is 9.47 Å². The number of fused-ring (bicyclic) bond motifs is 1. The van der Waals surface area contributed by atoms with Gasteiger partial charge in [-0.05, 0) is 18.2 Å². The lowest BCUT2D eigenvalue weighted by molar-refractivity contribution is -0.140. The molecule has 1 aliphatic rings. The van der Waals surface area contributed by atoms with E-state index in [1.54, 1.807) is 6.92 Å². The minimum atomic E-state index is -0.768. The summed E-state index contributed by atoms with van der Waals surface area (Å²) in [5, 5.41) is 8.79. The Morgan fingerprint density at radius 1 is 1.41 bits per heavy atom. The van der Waals surface area contributed by atoms with Crippen molar-refractivity contribution in [3.05, 3.63) is 18.2 Å². The van der Waals surface area contributed by atoms with Crippen molar-refractivity contribution in [2.75, 3.05) is 19.0 Å². The molecule has 17 heavy (non-hydrogen) atoms. The van der Waals surface area contributed by atoms with Crippen molar-refractivity contribution in [3.63, 3.8) is 0 Å². The fourth-order valence-electron chi connectivity index (χ4n) is 1.41. The zero-order valence-corrected chi connectivity index (χ0v) is 10.3. The van der Waals surface area contributed by atoms with Crippen LogP contribution >= 0.6 is 11.8 Å². The Labute approximate surface area is 104 Å². The molecular formula is C12H14O4S. The summed E-state index contributed by atoms with van der Waals surface area (Å²) >= 11 is 1.51. The summed E-state index contributed by atoms with van der Waals surface area (Å²) in [6, 6.07) is 5.68. The average Bonchev–Trinajstić information content (AvgIpc) is 2.35. The Morgan fingerprint density at radius 2 is 2.12 bits per heavy atom. The zero-order chi connectivity index (χ0) is 12.3. The van der Waals surface area contributed by atoms with Gasteiger partial charge in [0, 0.05) is 10.6 Å². The monoisotopic (exact) mass is 254 g/mol. The molecule has 0 saturated carbocycles. The van der Waals surface area contributed by atoms with Crippen molar-refractivity contribution in [3.8, 4) is 11.5 Å². The first-order chi connectivity index (χ1) is 8.16. The molecule has 1 atom stereocenters. The van der Waals surface area contributed by atoms with Crippen LogP contribution in [0.5, 0.6) is 11.5 Å². The number of carboxylic acids is 1. The summed E-state index contributed by atoms with van der Waals surface area (Å²) in [6.45, 7) is 2.84. The molecule has 1 aromatic carbocycles. The van der Waals surface area contributed by atoms with Gasteiger partial charge in [0.25, 0.3) is 0 Å². The van der Waals surface area contributed by atoms with Crippen molar-refractivity contribution < 1.29 is 19.4 Å². The van der Waals surface area contributed by atoms with Gasteiger partial charge in [-0.1, -0.05) is 6.92 Å². The molecule has 1 aromatic rings. The highest BCUT2D eigenvalue weighted by Crippen LogP contribution is 2.34. The second-order valence-corrected chi connectivity index (χ2v) is 4.95. The van der Waals surface area contributed by atoms with E-state index in [0.29, 0.717) is 19.0 Å². The van der Waals surface area contributed by atoms with Crippen LogP contribution in [0.15, 0.2) is 23.1 Å². The molecular weight excluding hydrogens is 240 g/mol. The van der Waals surface area contributed by atoms with Crippen molar-refractivity contribution in [2.24, 2.45) is 5.92 Å². The van der Waals surface area contributed by atoms with E-state index in [2.05, 4.69) is 0 Å². The summed E-state index contributed by atoms with van der Waals surface area (Å²) in [6.07, 6.45) is 0. The topological polar surface area (TPSA) is 55.8 Å². The number of carboxylic acid groups (broad SMARTS) is 1. The first kappa shape index (κ1) is 12.1. The molecule has 1 heterocycles. The number of benzene rings is 1. The van der Waals surface area contributed by atoms with Crippen LogP contribution in [0.3, 0.4) is 0 Å². The van der Waals surface area contributed by atoms with E-state index in [-0.39, 0.29) is 5.92 Å². The minimum absolute atomic E-state index is 0.354. The standard InChI is InChI=1S/C12H14O4S/c1-8(12(13)14)7-17-9-2-3-10-11(6-9)16-5-4-15-10/h2-3,6,8H,4-5,7H2,1H3,(H,13,14). The lowest BCUT2D eigenvalue weighted by atomic mass is 10.2. The Hall–Kier alpha value is -1.36. The van der Waals surface area contributed by atoms with Crippen LogP contribution in [0.4, 0.5) is 0 Å². The van der Waals surface area contributed by atoms with Gasteiger partial charge in [0.2, 0.25) is 0 Å². The lowest BCUT2D eigenvalue weighted by Crippen LogP contribution is -2.15. The highest BCUT2D eigenvalue weighted by atomic mass is 32.2. The molecule has 0 spiro atoms. The molecule has 2 rings (SSSR count). The van der Waals surface area contributed by atoms with Gasteiger partial charge in [-0.15, -0.1) is 11.8 Å². The molecule has 1 unspecified atom stereocenters. The van der Waals surface area contributed by atoms with Crippen LogP contribution in [-0.2, 0) is 4.79 Å². The van der Waals surface area contributed by atoms with E-state index in [4.69, 9.17) is 14.6 Å². The zero-order valence-electron chi connectivity index (χ0n) is 9.51. The molecule has 0 fully saturated rings. The molecule has 4 nitrogen and oxygen atoms in total. The van der Waals surface area contributed by atoms with E-state index >= 15 is 0 Å². The summed E-state index contributed by atoms with van der Waals surface area (Å²) in [4.78, 5) is 11.7. The van der Waals surface area contributed by atoms with E-state index in [1.165, 1.54) is 11.8 Å². The predicted molar refractivity (Wildman–Crippen MR) is 65.0 cm³/mol. The summed E-state index contributed by atoms with van der Waals surface area (Å²) < 4.78 is 10.9.